The fourth-order valence-corrected chi connectivity index (χ4v) is 3.95. The molecule has 0 saturated carbocycles. The number of rotatable bonds is 7. The van der Waals surface area contributed by atoms with Crippen LogP contribution in [0.5, 0.6) is 0 Å². The predicted molar refractivity (Wildman–Crippen MR) is 95.0 cm³/mol. The van der Waals surface area contributed by atoms with Crippen LogP contribution in [0.15, 0.2) is 33.7 Å². The summed E-state index contributed by atoms with van der Waals surface area (Å²) in [7, 11) is -3.74. The summed E-state index contributed by atoms with van der Waals surface area (Å²) >= 11 is 0. The van der Waals surface area contributed by atoms with E-state index in [0.29, 0.717) is 5.69 Å². The van der Waals surface area contributed by atoms with Gasteiger partial charge in [-0.25, -0.2) is 13.1 Å². The third-order valence-corrected chi connectivity index (χ3v) is 5.60. The van der Waals surface area contributed by atoms with Crippen molar-refractivity contribution in [3.8, 4) is 0 Å². The first kappa shape index (κ1) is 19.1. The molecule has 0 fully saturated rings. The van der Waals surface area contributed by atoms with Crippen molar-refractivity contribution >= 4 is 21.6 Å². The van der Waals surface area contributed by atoms with Crippen molar-refractivity contribution < 1.29 is 17.7 Å². The van der Waals surface area contributed by atoms with Crippen LogP contribution >= 0.6 is 0 Å². The van der Waals surface area contributed by atoms with E-state index in [9.17, 15) is 13.2 Å². The van der Waals surface area contributed by atoms with Crippen LogP contribution in [0.4, 0.5) is 5.69 Å². The number of carbonyl (C=O) groups excluding carboxylic acids is 1. The van der Waals surface area contributed by atoms with Crippen molar-refractivity contribution in [2.24, 2.45) is 0 Å². The number of sulfonamides is 1. The molecule has 0 saturated heterocycles. The molecule has 0 aliphatic rings. The molecule has 25 heavy (non-hydrogen) atoms. The number of carbonyl (C=O) groups is 1. The Morgan fingerprint density at radius 3 is 2.36 bits per heavy atom. The maximum absolute atomic E-state index is 12.4. The largest absolute Gasteiger partial charge is 0.360 e. The second-order valence-electron chi connectivity index (χ2n) is 5.74. The van der Waals surface area contributed by atoms with Crippen molar-refractivity contribution in [2.75, 3.05) is 18.0 Å². The van der Waals surface area contributed by atoms with Gasteiger partial charge in [-0.3, -0.25) is 4.79 Å². The second-order valence-corrected chi connectivity index (χ2v) is 7.45. The number of nitrogens with zero attached hydrogens (tertiary/aromatic N) is 2. The first-order valence-corrected chi connectivity index (χ1v) is 9.54. The Kier molecular flexibility index (Phi) is 5.97. The Morgan fingerprint density at radius 2 is 1.88 bits per heavy atom. The lowest BCUT2D eigenvalue weighted by atomic mass is 10.1. The minimum absolute atomic E-state index is 0.0502. The van der Waals surface area contributed by atoms with Gasteiger partial charge in [0.15, 0.2) is 5.76 Å². The van der Waals surface area contributed by atoms with Crippen LogP contribution in [0.1, 0.15) is 30.9 Å². The van der Waals surface area contributed by atoms with Gasteiger partial charge in [-0.1, -0.05) is 24.2 Å². The van der Waals surface area contributed by atoms with Crippen LogP contribution in [0.25, 0.3) is 0 Å². The number of hydrogen-bond donors (Lipinski definition) is 1. The van der Waals surface area contributed by atoms with Crippen molar-refractivity contribution in [2.45, 2.75) is 39.0 Å². The number of aromatic nitrogens is 1. The standard InChI is InChI=1S/C17H23N3O4S/c1-5-15-6-8-16(9-7-15)20(14(4)21)11-10-18-25(22,23)17-12(2)19-24-13(17)3/h6-9,18H,5,10-11H2,1-4H3. The number of benzene rings is 1. The highest BCUT2D eigenvalue weighted by Gasteiger charge is 2.24. The lowest BCUT2D eigenvalue weighted by molar-refractivity contribution is -0.116. The Hall–Kier alpha value is -2.19. The Bertz CT molecular complexity index is 822. The first-order chi connectivity index (χ1) is 11.8. The zero-order valence-electron chi connectivity index (χ0n) is 14.9. The number of aryl methyl sites for hydroxylation is 3. The number of anilines is 1. The summed E-state index contributed by atoms with van der Waals surface area (Å²) in [5.41, 5.74) is 2.22. The van der Waals surface area contributed by atoms with Gasteiger partial charge in [0.25, 0.3) is 0 Å². The summed E-state index contributed by atoms with van der Waals surface area (Å²) in [6, 6.07) is 7.64. The van der Waals surface area contributed by atoms with Crippen molar-refractivity contribution in [3.63, 3.8) is 0 Å². The molecular formula is C17H23N3O4S. The van der Waals surface area contributed by atoms with E-state index in [-0.39, 0.29) is 29.7 Å². The molecule has 0 radical (unpaired) electrons. The molecule has 8 heteroatoms. The molecule has 1 aromatic carbocycles. The summed E-state index contributed by atoms with van der Waals surface area (Å²) in [4.78, 5) is 13.5. The van der Waals surface area contributed by atoms with E-state index in [1.165, 1.54) is 17.4 Å². The molecule has 0 atom stereocenters. The Balaban J connectivity index is 2.08. The van der Waals surface area contributed by atoms with Gasteiger partial charge in [0.2, 0.25) is 15.9 Å². The van der Waals surface area contributed by atoms with Gasteiger partial charge >= 0.3 is 0 Å². The van der Waals surface area contributed by atoms with E-state index in [0.717, 1.165) is 12.1 Å². The third kappa shape index (κ3) is 4.46. The average Bonchev–Trinajstić information content (AvgIpc) is 2.91. The summed E-state index contributed by atoms with van der Waals surface area (Å²) in [5.74, 6) is 0.0874. The highest BCUT2D eigenvalue weighted by atomic mass is 32.2. The van der Waals surface area contributed by atoms with E-state index < -0.39 is 10.0 Å². The fourth-order valence-electron chi connectivity index (χ4n) is 2.60. The minimum Gasteiger partial charge on any atom is -0.360 e. The molecule has 0 bridgehead atoms. The van der Waals surface area contributed by atoms with Crippen LogP contribution in [-0.4, -0.2) is 32.6 Å². The van der Waals surface area contributed by atoms with Crippen molar-refractivity contribution in [1.82, 2.24) is 9.88 Å². The van der Waals surface area contributed by atoms with Gasteiger partial charge in [-0.2, -0.15) is 0 Å². The van der Waals surface area contributed by atoms with E-state index in [4.69, 9.17) is 4.52 Å². The van der Waals surface area contributed by atoms with Crippen LogP contribution in [0.2, 0.25) is 0 Å². The molecule has 1 heterocycles. The molecule has 1 N–H and O–H groups in total. The highest BCUT2D eigenvalue weighted by Crippen LogP contribution is 2.19. The van der Waals surface area contributed by atoms with E-state index in [1.807, 2.05) is 24.3 Å². The molecule has 2 rings (SSSR count). The normalized spacial score (nSPS) is 11.5. The quantitative estimate of drug-likeness (QED) is 0.812. The minimum atomic E-state index is -3.74. The SMILES string of the molecule is CCc1ccc(N(CCNS(=O)(=O)c2c(C)noc2C)C(C)=O)cc1. The monoisotopic (exact) mass is 365 g/mol. The van der Waals surface area contributed by atoms with Gasteiger partial charge < -0.3 is 9.42 Å². The summed E-state index contributed by atoms with van der Waals surface area (Å²) < 4.78 is 32.2. The summed E-state index contributed by atoms with van der Waals surface area (Å²) in [6.07, 6.45) is 0.914. The smallest absolute Gasteiger partial charge is 0.246 e. The molecule has 0 spiro atoms. The van der Waals surface area contributed by atoms with Crippen LogP contribution in [0.3, 0.4) is 0 Å². The zero-order chi connectivity index (χ0) is 18.6. The first-order valence-electron chi connectivity index (χ1n) is 8.06. The van der Waals surface area contributed by atoms with Gasteiger partial charge in [0.1, 0.15) is 10.6 Å². The molecule has 1 amide bonds. The fraction of sp³-hybridized carbons (Fsp3) is 0.412. The van der Waals surface area contributed by atoms with Gasteiger partial charge in [-0.15, -0.1) is 0 Å². The molecule has 1 aromatic heterocycles. The van der Waals surface area contributed by atoms with Crippen molar-refractivity contribution in [1.29, 1.82) is 0 Å². The van der Waals surface area contributed by atoms with Gasteiger partial charge in [0.05, 0.1) is 0 Å². The second kappa shape index (κ2) is 7.79. The van der Waals surface area contributed by atoms with E-state index >= 15 is 0 Å². The molecule has 0 unspecified atom stereocenters. The Morgan fingerprint density at radius 1 is 1.24 bits per heavy atom. The van der Waals surface area contributed by atoms with Gasteiger partial charge in [0, 0.05) is 25.7 Å². The molecule has 136 valence electrons. The van der Waals surface area contributed by atoms with E-state index in [2.05, 4.69) is 16.8 Å². The molecular weight excluding hydrogens is 342 g/mol. The average molecular weight is 365 g/mol. The number of hydrogen-bond acceptors (Lipinski definition) is 5. The zero-order valence-corrected chi connectivity index (χ0v) is 15.7. The molecule has 0 aliphatic carbocycles. The molecule has 2 aromatic rings. The van der Waals surface area contributed by atoms with Crippen LogP contribution < -0.4 is 9.62 Å². The van der Waals surface area contributed by atoms with E-state index in [1.54, 1.807) is 13.8 Å². The summed E-state index contributed by atoms with van der Waals surface area (Å²) in [5, 5.41) is 3.66. The number of nitrogens with one attached hydrogen (secondary N) is 1. The summed E-state index contributed by atoms with van der Waals surface area (Å²) in [6.45, 7) is 6.94. The highest BCUT2D eigenvalue weighted by molar-refractivity contribution is 7.89. The maximum atomic E-state index is 12.4. The van der Waals surface area contributed by atoms with Crippen molar-refractivity contribution in [3.05, 3.63) is 41.3 Å². The topological polar surface area (TPSA) is 92.5 Å². The van der Waals surface area contributed by atoms with Crippen LogP contribution in [0, 0.1) is 13.8 Å². The number of amides is 1. The lowest BCUT2D eigenvalue weighted by Crippen LogP contribution is -2.37. The predicted octanol–water partition coefficient (Wildman–Crippen LogP) is 2.19. The van der Waals surface area contributed by atoms with Gasteiger partial charge in [-0.05, 0) is 38.0 Å². The molecule has 7 nitrogen and oxygen atoms in total. The van der Waals surface area contributed by atoms with Crippen LogP contribution in [-0.2, 0) is 21.2 Å². The maximum Gasteiger partial charge on any atom is 0.246 e. The molecule has 0 aliphatic heterocycles. The Labute approximate surface area is 148 Å². The lowest BCUT2D eigenvalue weighted by Gasteiger charge is -2.21. The third-order valence-electron chi connectivity index (χ3n) is 3.90.